The smallest absolute Gasteiger partial charge is 0.220 e. The maximum atomic E-state index is 12.7. The fraction of sp³-hybridized carbons (Fsp3) is 0.556. The number of aryl methyl sites for hydroxylation is 1. The molecule has 1 atom stereocenters. The van der Waals surface area contributed by atoms with Crippen molar-refractivity contribution in [1.82, 2.24) is 5.32 Å². The topological polar surface area (TPSA) is 46.2 Å². The number of unbranched alkanes of at least 4 members (excludes halogenated alkanes) is 2. The molecule has 0 aliphatic carbocycles. The highest BCUT2D eigenvalue weighted by Gasteiger charge is 2.25. The molecule has 1 aliphatic rings. The minimum absolute atomic E-state index is 0.00862. The molecular formula is C18H25NO2. The molecule has 0 saturated carbocycles. The zero-order valence-corrected chi connectivity index (χ0v) is 12.9. The van der Waals surface area contributed by atoms with Crippen LogP contribution >= 0.6 is 0 Å². The second kappa shape index (κ2) is 7.96. The molecule has 1 amide bonds. The number of nitrogens with one attached hydrogen (secondary N) is 1. The number of amides is 1. The number of benzene rings is 1. The molecule has 1 aromatic rings. The summed E-state index contributed by atoms with van der Waals surface area (Å²) in [5, 5.41) is 2.88. The summed E-state index contributed by atoms with van der Waals surface area (Å²) in [4.78, 5) is 24.4. The first-order valence-corrected chi connectivity index (χ1v) is 8.14. The maximum Gasteiger partial charge on any atom is 0.220 e. The van der Waals surface area contributed by atoms with Crippen molar-refractivity contribution >= 4 is 11.7 Å². The van der Waals surface area contributed by atoms with E-state index in [2.05, 4.69) is 12.2 Å². The highest BCUT2D eigenvalue weighted by Crippen LogP contribution is 2.18. The third kappa shape index (κ3) is 4.42. The zero-order chi connectivity index (χ0) is 15.1. The molecule has 1 N–H and O–H groups in total. The van der Waals surface area contributed by atoms with Crippen molar-refractivity contribution in [1.29, 1.82) is 0 Å². The van der Waals surface area contributed by atoms with E-state index in [0.29, 0.717) is 6.42 Å². The highest BCUT2D eigenvalue weighted by atomic mass is 16.2. The highest BCUT2D eigenvalue weighted by molar-refractivity contribution is 6.03. The minimum atomic E-state index is -0.340. The van der Waals surface area contributed by atoms with Gasteiger partial charge in [0.05, 0.1) is 6.04 Å². The average Bonchev–Trinajstić information content (AvgIpc) is 2.72. The summed E-state index contributed by atoms with van der Waals surface area (Å²) in [6, 6.07) is 7.51. The van der Waals surface area contributed by atoms with Gasteiger partial charge < -0.3 is 5.32 Å². The van der Waals surface area contributed by atoms with Gasteiger partial charge in [0.1, 0.15) is 0 Å². The van der Waals surface area contributed by atoms with Gasteiger partial charge in [0, 0.05) is 12.0 Å². The molecule has 21 heavy (non-hydrogen) atoms. The van der Waals surface area contributed by atoms with Gasteiger partial charge in [0.25, 0.3) is 0 Å². The van der Waals surface area contributed by atoms with E-state index < -0.39 is 0 Å². The molecule has 0 bridgehead atoms. The average molecular weight is 287 g/mol. The number of carbonyl (C=O) groups is 2. The van der Waals surface area contributed by atoms with Crippen LogP contribution in [0.15, 0.2) is 24.3 Å². The minimum Gasteiger partial charge on any atom is -0.346 e. The molecule has 1 aromatic carbocycles. The van der Waals surface area contributed by atoms with Crippen molar-refractivity contribution < 1.29 is 9.59 Å². The predicted octanol–water partition coefficient (Wildman–Crippen LogP) is 3.66. The van der Waals surface area contributed by atoms with Crippen LogP contribution in [0.1, 0.15) is 67.8 Å². The van der Waals surface area contributed by atoms with E-state index in [1.807, 2.05) is 24.3 Å². The van der Waals surface area contributed by atoms with Crippen molar-refractivity contribution in [3.63, 3.8) is 0 Å². The first kappa shape index (κ1) is 15.7. The van der Waals surface area contributed by atoms with Gasteiger partial charge in [-0.05, 0) is 31.2 Å². The largest absolute Gasteiger partial charge is 0.346 e. The van der Waals surface area contributed by atoms with Crippen LogP contribution < -0.4 is 5.32 Å². The summed E-state index contributed by atoms with van der Waals surface area (Å²) >= 11 is 0. The Bertz CT molecular complexity index is 496. The van der Waals surface area contributed by atoms with Gasteiger partial charge in [-0.1, -0.05) is 50.5 Å². The summed E-state index contributed by atoms with van der Waals surface area (Å²) in [6.45, 7) is 2.18. The second-order valence-corrected chi connectivity index (χ2v) is 5.84. The molecule has 0 aromatic heterocycles. The van der Waals surface area contributed by atoms with E-state index in [1.54, 1.807) is 0 Å². The van der Waals surface area contributed by atoms with E-state index >= 15 is 0 Å². The van der Waals surface area contributed by atoms with E-state index in [-0.39, 0.29) is 17.7 Å². The Morgan fingerprint density at radius 1 is 1.24 bits per heavy atom. The molecule has 1 saturated heterocycles. The Labute approximate surface area is 127 Å². The van der Waals surface area contributed by atoms with Crippen molar-refractivity contribution in [2.24, 2.45) is 0 Å². The lowest BCUT2D eigenvalue weighted by molar-refractivity contribution is -0.121. The Kier molecular flexibility index (Phi) is 5.97. The number of ketones is 1. The van der Waals surface area contributed by atoms with Crippen LogP contribution in [-0.4, -0.2) is 17.7 Å². The normalized spacial score (nSPS) is 18.9. The number of carbonyl (C=O) groups excluding carboxylic acids is 2. The third-order valence-electron chi connectivity index (χ3n) is 4.13. The molecule has 0 spiro atoms. The van der Waals surface area contributed by atoms with E-state index in [0.717, 1.165) is 43.2 Å². The second-order valence-electron chi connectivity index (χ2n) is 5.84. The Balaban J connectivity index is 2.12. The first-order chi connectivity index (χ1) is 10.2. The standard InChI is InChI=1S/C18H25NO2/c1-2-3-4-9-14-10-5-6-11-15(14)18(21)16-12-7-8-13-17(20)19-16/h5-6,10-11,16H,2-4,7-9,12-13H2,1H3,(H,19,20). The summed E-state index contributed by atoms with van der Waals surface area (Å²) in [7, 11) is 0. The maximum absolute atomic E-state index is 12.7. The molecule has 1 fully saturated rings. The molecule has 1 unspecified atom stereocenters. The molecule has 3 nitrogen and oxygen atoms in total. The van der Waals surface area contributed by atoms with Gasteiger partial charge in [-0.15, -0.1) is 0 Å². The molecule has 1 aliphatic heterocycles. The van der Waals surface area contributed by atoms with Gasteiger partial charge in [-0.2, -0.15) is 0 Å². The molecule has 2 rings (SSSR count). The third-order valence-corrected chi connectivity index (χ3v) is 4.13. The first-order valence-electron chi connectivity index (χ1n) is 8.14. The van der Waals surface area contributed by atoms with E-state index in [9.17, 15) is 9.59 Å². The Morgan fingerprint density at radius 2 is 2.05 bits per heavy atom. The van der Waals surface area contributed by atoms with Gasteiger partial charge in [0.15, 0.2) is 5.78 Å². The fourth-order valence-corrected chi connectivity index (χ4v) is 2.90. The van der Waals surface area contributed by atoms with Crippen molar-refractivity contribution in [3.8, 4) is 0 Å². The van der Waals surface area contributed by atoms with E-state index in [4.69, 9.17) is 0 Å². The number of hydrogen-bond acceptors (Lipinski definition) is 2. The van der Waals surface area contributed by atoms with Crippen LogP contribution in [0.25, 0.3) is 0 Å². The van der Waals surface area contributed by atoms with Crippen LogP contribution in [0.5, 0.6) is 0 Å². The van der Waals surface area contributed by atoms with Gasteiger partial charge in [-0.25, -0.2) is 0 Å². The lowest BCUT2D eigenvalue weighted by atomic mass is 9.93. The van der Waals surface area contributed by atoms with Crippen molar-refractivity contribution in [2.75, 3.05) is 0 Å². The number of rotatable bonds is 6. The summed E-state index contributed by atoms with van der Waals surface area (Å²) in [5.74, 6) is 0.0895. The van der Waals surface area contributed by atoms with Gasteiger partial charge in [-0.3, -0.25) is 9.59 Å². The molecule has 1 heterocycles. The van der Waals surface area contributed by atoms with Crippen LogP contribution in [0.3, 0.4) is 0 Å². The lowest BCUT2D eigenvalue weighted by Crippen LogP contribution is -2.39. The Morgan fingerprint density at radius 3 is 2.86 bits per heavy atom. The summed E-state index contributed by atoms with van der Waals surface area (Å²) in [6.07, 6.45) is 7.53. The SMILES string of the molecule is CCCCCc1ccccc1C(=O)C1CCCCC(=O)N1. The number of Topliss-reactive ketones (excluding diaryl/α,β-unsaturated/α-hetero) is 1. The Hall–Kier alpha value is -1.64. The number of hydrogen-bond donors (Lipinski definition) is 1. The summed E-state index contributed by atoms with van der Waals surface area (Å²) < 4.78 is 0. The van der Waals surface area contributed by atoms with Gasteiger partial charge >= 0.3 is 0 Å². The summed E-state index contributed by atoms with van der Waals surface area (Å²) in [5.41, 5.74) is 1.91. The molecular weight excluding hydrogens is 262 g/mol. The molecule has 0 radical (unpaired) electrons. The molecule has 114 valence electrons. The quantitative estimate of drug-likeness (QED) is 0.641. The zero-order valence-electron chi connectivity index (χ0n) is 12.9. The van der Waals surface area contributed by atoms with Crippen molar-refractivity contribution in [2.45, 2.75) is 64.3 Å². The van der Waals surface area contributed by atoms with E-state index in [1.165, 1.54) is 12.8 Å². The predicted molar refractivity (Wildman–Crippen MR) is 84.4 cm³/mol. The van der Waals surface area contributed by atoms with Crippen LogP contribution in [0.2, 0.25) is 0 Å². The van der Waals surface area contributed by atoms with Crippen molar-refractivity contribution in [3.05, 3.63) is 35.4 Å². The van der Waals surface area contributed by atoms with Crippen LogP contribution in [0.4, 0.5) is 0 Å². The monoisotopic (exact) mass is 287 g/mol. The van der Waals surface area contributed by atoms with Crippen LogP contribution in [-0.2, 0) is 11.2 Å². The lowest BCUT2D eigenvalue weighted by Gasteiger charge is -2.17. The van der Waals surface area contributed by atoms with Gasteiger partial charge in [0.2, 0.25) is 5.91 Å². The molecule has 3 heteroatoms. The fourth-order valence-electron chi connectivity index (χ4n) is 2.90. The van der Waals surface area contributed by atoms with Crippen LogP contribution in [0, 0.1) is 0 Å².